The van der Waals surface area contributed by atoms with Gasteiger partial charge < -0.3 is 14.8 Å². The second kappa shape index (κ2) is 8.51. The van der Waals surface area contributed by atoms with Gasteiger partial charge in [0, 0.05) is 11.3 Å². The molecule has 4 aromatic rings. The molecule has 9 heteroatoms. The number of hydrogen-bond acceptors (Lipinski definition) is 5. The molecule has 1 N–H and O–H groups in total. The molecule has 0 aliphatic heterocycles. The van der Waals surface area contributed by atoms with Gasteiger partial charge in [0.1, 0.15) is 16.5 Å². The smallest absolute Gasteiger partial charge is 0.417 e. The maximum Gasteiger partial charge on any atom is 0.417 e. The lowest BCUT2D eigenvalue weighted by atomic mass is 10.1. The first kappa shape index (κ1) is 21.6. The van der Waals surface area contributed by atoms with Crippen LogP contribution in [0.25, 0.3) is 20.8 Å². The summed E-state index contributed by atoms with van der Waals surface area (Å²) in [6.07, 6.45) is -4.69. The first-order valence-electron chi connectivity index (χ1n) is 9.40. The summed E-state index contributed by atoms with van der Waals surface area (Å²) in [5, 5.41) is 3.29. The van der Waals surface area contributed by atoms with E-state index < -0.39 is 23.2 Å². The van der Waals surface area contributed by atoms with E-state index in [1.807, 2.05) is 18.2 Å². The van der Waals surface area contributed by atoms with E-state index in [0.717, 1.165) is 38.7 Å². The molecule has 1 aromatic heterocycles. The molecule has 4 rings (SSSR count). The van der Waals surface area contributed by atoms with Crippen molar-refractivity contribution in [2.24, 2.45) is 0 Å². The van der Waals surface area contributed by atoms with Gasteiger partial charge in [0.2, 0.25) is 0 Å². The highest BCUT2D eigenvalue weighted by molar-refractivity contribution is 7.21. The molecule has 0 unspecified atom stereocenters. The van der Waals surface area contributed by atoms with E-state index in [9.17, 15) is 18.0 Å². The van der Waals surface area contributed by atoms with Crippen molar-refractivity contribution in [3.8, 4) is 22.1 Å². The molecule has 0 saturated heterocycles. The lowest BCUT2D eigenvalue weighted by Gasteiger charge is -2.14. The Bertz CT molecular complexity index is 1280. The Labute approximate surface area is 185 Å². The average Bonchev–Trinajstić information content (AvgIpc) is 3.21. The maximum atomic E-state index is 13.4. The third-order valence-corrected chi connectivity index (χ3v) is 5.83. The monoisotopic (exact) mass is 458 g/mol. The Hall–Kier alpha value is -3.59. The van der Waals surface area contributed by atoms with E-state index in [4.69, 9.17) is 9.47 Å². The quantitative estimate of drug-likeness (QED) is 0.384. The van der Waals surface area contributed by atoms with Gasteiger partial charge in [-0.25, -0.2) is 4.98 Å². The number of nitrogens with one attached hydrogen (secondary N) is 1. The zero-order chi connectivity index (χ0) is 22.9. The Morgan fingerprint density at radius 1 is 0.938 bits per heavy atom. The van der Waals surface area contributed by atoms with Gasteiger partial charge in [-0.3, -0.25) is 4.79 Å². The molecule has 32 heavy (non-hydrogen) atoms. The molecule has 0 fully saturated rings. The minimum atomic E-state index is -4.69. The number of carbonyl (C=O) groups excluding carboxylic acids is 1. The first-order chi connectivity index (χ1) is 15.3. The number of amides is 1. The van der Waals surface area contributed by atoms with E-state index in [0.29, 0.717) is 5.69 Å². The van der Waals surface area contributed by atoms with Crippen LogP contribution in [0.2, 0.25) is 0 Å². The molecule has 0 saturated carbocycles. The maximum absolute atomic E-state index is 13.4. The summed E-state index contributed by atoms with van der Waals surface area (Å²) >= 11 is 1.49. The second-order valence-electron chi connectivity index (χ2n) is 6.79. The van der Waals surface area contributed by atoms with E-state index in [-0.39, 0.29) is 5.75 Å². The van der Waals surface area contributed by atoms with Gasteiger partial charge in [-0.1, -0.05) is 0 Å². The average molecular weight is 458 g/mol. The number of aromatic nitrogens is 1. The summed E-state index contributed by atoms with van der Waals surface area (Å²) in [6.45, 7) is 0. The van der Waals surface area contributed by atoms with Gasteiger partial charge >= 0.3 is 6.18 Å². The first-order valence-corrected chi connectivity index (χ1v) is 10.2. The summed E-state index contributed by atoms with van der Waals surface area (Å²) in [5.74, 6) is -0.103. The zero-order valence-corrected chi connectivity index (χ0v) is 17.8. The van der Waals surface area contributed by atoms with Crippen molar-refractivity contribution in [2.75, 3.05) is 19.5 Å². The van der Waals surface area contributed by atoms with Crippen molar-refractivity contribution in [2.45, 2.75) is 6.18 Å². The molecular formula is C23H17F3N2O3S. The molecule has 5 nitrogen and oxygen atoms in total. The molecule has 1 amide bonds. The van der Waals surface area contributed by atoms with Crippen molar-refractivity contribution in [1.82, 2.24) is 4.98 Å². The summed E-state index contributed by atoms with van der Waals surface area (Å²) in [7, 11) is 2.86. The Morgan fingerprint density at radius 3 is 2.25 bits per heavy atom. The van der Waals surface area contributed by atoms with Crippen LogP contribution in [0.1, 0.15) is 15.9 Å². The fourth-order valence-electron chi connectivity index (χ4n) is 3.13. The number of alkyl halides is 3. The fraction of sp³-hybridized carbons (Fsp3) is 0.130. The number of anilines is 1. The number of carbonyl (C=O) groups is 1. The summed E-state index contributed by atoms with van der Waals surface area (Å²) in [5.41, 5.74) is 0.481. The molecule has 0 radical (unpaired) electrons. The second-order valence-corrected chi connectivity index (χ2v) is 7.82. The minimum Gasteiger partial charge on any atom is -0.497 e. The van der Waals surface area contributed by atoms with Crippen LogP contribution in [-0.4, -0.2) is 25.1 Å². The third-order valence-electron chi connectivity index (χ3n) is 4.76. The van der Waals surface area contributed by atoms with Crippen LogP contribution < -0.4 is 14.8 Å². The SMILES string of the molecule is COc1ccc(C(=O)Nc2ccc(-c3nc4ccc(OC)cc4s3)cc2)c(C(F)(F)F)c1. The van der Waals surface area contributed by atoms with Gasteiger partial charge in [-0.05, 0) is 60.7 Å². The van der Waals surface area contributed by atoms with E-state index in [1.165, 1.54) is 24.5 Å². The van der Waals surface area contributed by atoms with Crippen molar-refractivity contribution in [3.05, 3.63) is 71.8 Å². The van der Waals surface area contributed by atoms with Crippen molar-refractivity contribution < 1.29 is 27.4 Å². The van der Waals surface area contributed by atoms with Crippen LogP contribution in [0.4, 0.5) is 18.9 Å². The molecule has 3 aromatic carbocycles. The summed E-state index contributed by atoms with van der Waals surface area (Å²) < 4.78 is 51.2. The van der Waals surface area contributed by atoms with E-state index in [2.05, 4.69) is 10.3 Å². The number of ether oxygens (including phenoxy) is 2. The summed E-state index contributed by atoms with van der Waals surface area (Å²) in [4.78, 5) is 17.1. The minimum absolute atomic E-state index is 0.0201. The number of nitrogens with zero attached hydrogens (tertiary/aromatic N) is 1. The Morgan fingerprint density at radius 2 is 1.59 bits per heavy atom. The predicted octanol–water partition coefficient (Wildman–Crippen LogP) is 6.25. The Kier molecular flexibility index (Phi) is 5.75. The largest absolute Gasteiger partial charge is 0.497 e. The number of benzene rings is 3. The van der Waals surface area contributed by atoms with E-state index >= 15 is 0 Å². The molecule has 0 atom stereocenters. The lowest BCUT2D eigenvalue weighted by molar-refractivity contribution is -0.138. The zero-order valence-electron chi connectivity index (χ0n) is 17.0. The normalized spacial score (nSPS) is 11.4. The van der Waals surface area contributed by atoms with Crippen molar-refractivity contribution in [3.63, 3.8) is 0 Å². The van der Waals surface area contributed by atoms with Gasteiger partial charge in [0.15, 0.2) is 0 Å². The molecule has 0 aliphatic rings. The van der Waals surface area contributed by atoms with Crippen LogP contribution >= 0.6 is 11.3 Å². The van der Waals surface area contributed by atoms with Gasteiger partial charge in [-0.2, -0.15) is 13.2 Å². The van der Waals surface area contributed by atoms with E-state index in [1.54, 1.807) is 31.4 Å². The number of methoxy groups -OCH3 is 2. The predicted molar refractivity (Wildman–Crippen MR) is 118 cm³/mol. The summed E-state index contributed by atoms with van der Waals surface area (Å²) in [6, 6.07) is 15.6. The molecule has 1 heterocycles. The standard InChI is InChI=1S/C23H17F3N2O3S/c1-30-15-7-9-17(18(11-15)23(24,25)26)21(29)27-14-5-3-13(4-6-14)22-28-19-10-8-16(31-2)12-20(19)32-22/h3-12H,1-2H3,(H,27,29). The number of rotatable bonds is 5. The van der Waals surface area contributed by atoms with Crippen molar-refractivity contribution >= 4 is 33.1 Å². The highest BCUT2D eigenvalue weighted by Gasteiger charge is 2.35. The lowest BCUT2D eigenvalue weighted by Crippen LogP contribution is -2.18. The van der Waals surface area contributed by atoms with Gasteiger partial charge in [0.05, 0.1) is 35.6 Å². The molecule has 0 spiro atoms. The van der Waals surface area contributed by atoms with Crippen LogP contribution in [0.15, 0.2) is 60.7 Å². The van der Waals surface area contributed by atoms with Gasteiger partial charge in [0.25, 0.3) is 5.91 Å². The third kappa shape index (κ3) is 4.38. The topological polar surface area (TPSA) is 60.5 Å². The number of halogens is 3. The highest BCUT2D eigenvalue weighted by Crippen LogP contribution is 2.35. The van der Waals surface area contributed by atoms with Crippen LogP contribution in [0.3, 0.4) is 0 Å². The molecular weight excluding hydrogens is 441 g/mol. The molecule has 0 bridgehead atoms. The van der Waals surface area contributed by atoms with Crippen LogP contribution in [0.5, 0.6) is 11.5 Å². The van der Waals surface area contributed by atoms with Crippen LogP contribution in [0, 0.1) is 0 Å². The van der Waals surface area contributed by atoms with Gasteiger partial charge in [-0.15, -0.1) is 11.3 Å². The molecule has 164 valence electrons. The Balaban J connectivity index is 1.56. The molecule has 0 aliphatic carbocycles. The fourth-order valence-corrected chi connectivity index (χ4v) is 4.13. The van der Waals surface area contributed by atoms with Crippen molar-refractivity contribution in [1.29, 1.82) is 0 Å². The number of fused-ring (bicyclic) bond motifs is 1. The van der Waals surface area contributed by atoms with Crippen LogP contribution in [-0.2, 0) is 6.18 Å². The number of hydrogen-bond donors (Lipinski definition) is 1. The number of thiazole rings is 1. The highest BCUT2D eigenvalue weighted by atomic mass is 32.1.